The number of nitrogens with one attached hydrogen (secondary N) is 5. The minimum atomic E-state index is -1.33. The third-order valence-corrected chi connectivity index (χ3v) is 12.1. The van der Waals surface area contributed by atoms with E-state index in [9.17, 15) is 28.0 Å². The normalized spacial score (nSPS) is 21.5. The molecule has 2 aromatic heterocycles. The van der Waals surface area contributed by atoms with Gasteiger partial charge in [-0.05, 0) is 89.0 Å². The van der Waals surface area contributed by atoms with Crippen LogP contribution in [0.4, 0.5) is 17.6 Å². The van der Waals surface area contributed by atoms with E-state index in [0.717, 1.165) is 0 Å². The number of imidazole rings is 1. The molecule has 60 heavy (non-hydrogen) atoms. The lowest BCUT2D eigenvalue weighted by atomic mass is 9.98. The van der Waals surface area contributed by atoms with Crippen molar-refractivity contribution in [1.29, 1.82) is 0 Å². The minimum Gasteiger partial charge on any atom is -0.352 e. The molecule has 326 valence electrons. The zero-order valence-electron chi connectivity index (χ0n) is 35.3. The molecule has 8 atom stereocenters. The van der Waals surface area contributed by atoms with Gasteiger partial charge in [0.15, 0.2) is 5.82 Å². The largest absolute Gasteiger partial charge is 0.352 e. The maximum atomic E-state index is 15.4. The van der Waals surface area contributed by atoms with E-state index in [1.807, 2.05) is 18.4 Å². The molecule has 17 heteroatoms. The van der Waals surface area contributed by atoms with E-state index in [2.05, 4.69) is 26.3 Å². The number of aromatic amines is 1. The van der Waals surface area contributed by atoms with Crippen LogP contribution in [0.2, 0.25) is 0 Å². The van der Waals surface area contributed by atoms with Crippen LogP contribution in [0.15, 0.2) is 36.4 Å². The van der Waals surface area contributed by atoms with E-state index in [-0.39, 0.29) is 69.0 Å². The van der Waals surface area contributed by atoms with Gasteiger partial charge in [-0.1, -0.05) is 20.8 Å². The summed E-state index contributed by atoms with van der Waals surface area (Å²) in [4.78, 5) is 64.8. The fourth-order valence-electron chi connectivity index (χ4n) is 8.46. The smallest absolute Gasteiger partial charge is 0.245 e. The third kappa shape index (κ3) is 9.31. The Kier molecular flexibility index (Phi) is 13.9. The molecular formula is C43H57F4N9O4. The number of likely N-dealkylation sites (N-methyl/N-ethyl adjacent to an activating group) is 2. The standard InChI is InChI=1S/C43H57F4N9O4/c1-8-33(52-40(57)23(4)48-6)42(59)55-20-27(46)15-29(55)13-14-54-36-12-10-26(45)18-35(36)51-39(54)38-32(31-11-9-25(44)17-34(31)50-38)19-30-16-28(47)21-56(30)43(60)37(22(2)3)53-41(58)24(5)49-7/h9-12,17-18,22-24,27-30,33,37,48-50H,8,13-16,19-21H2,1-7H3,(H,52,57)(H,53,58)/t23-,24-,27-,28-,29+,30-,33-,37-/m0/s1. The van der Waals surface area contributed by atoms with Crippen LogP contribution in [-0.4, -0.2) is 124 Å². The van der Waals surface area contributed by atoms with Crippen LogP contribution in [0, 0.1) is 17.6 Å². The third-order valence-electron chi connectivity index (χ3n) is 12.1. The monoisotopic (exact) mass is 839 g/mol. The quantitative estimate of drug-likeness (QED) is 0.104. The Morgan fingerprint density at radius 1 is 0.833 bits per heavy atom. The van der Waals surface area contributed by atoms with Crippen molar-refractivity contribution in [2.24, 2.45) is 5.92 Å². The highest BCUT2D eigenvalue weighted by molar-refractivity contribution is 5.93. The predicted molar refractivity (Wildman–Crippen MR) is 221 cm³/mol. The zero-order chi connectivity index (χ0) is 43.6. The van der Waals surface area contributed by atoms with Crippen molar-refractivity contribution in [1.82, 2.24) is 45.6 Å². The number of carbonyl (C=O) groups excluding carboxylic acids is 4. The molecule has 0 bridgehead atoms. The van der Waals surface area contributed by atoms with Gasteiger partial charge in [0.1, 0.15) is 36.1 Å². The average Bonchev–Trinajstić information content (AvgIpc) is 3.98. The second-order valence-corrected chi connectivity index (χ2v) is 16.6. The molecule has 4 heterocycles. The molecule has 0 saturated carbocycles. The number of aromatic nitrogens is 3. The van der Waals surface area contributed by atoms with Crippen molar-refractivity contribution in [2.45, 2.75) is 122 Å². The van der Waals surface area contributed by atoms with Crippen molar-refractivity contribution in [3.05, 3.63) is 53.6 Å². The number of hydrogen-bond acceptors (Lipinski definition) is 7. The van der Waals surface area contributed by atoms with Gasteiger partial charge in [0.2, 0.25) is 23.6 Å². The Labute approximate surface area is 347 Å². The molecule has 4 aromatic rings. The summed E-state index contributed by atoms with van der Waals surface area (Å²) in [5, 5.41) is 12.0. The van der Waals surface area contributed by atoms with Gasteiger partial charge >= 0.3 is 0 Å². The van der Waals surface area contributed by atoms with Gasteiger partial charge in [-0.3, -0.25) is 19.2 Å². The van der Waals surface area contributed by atoms with Gasteiger partial charge in [-0.2, -0.15) is 0 Å². The molecule has 0 spiro atoms. The number of amides is 4. The molecule has 0 unspecified atom stereocenters. The molecule has 2 aliphatic rings. The molecule has 0 radical (unpaired) electrons. The summed E-state index contributed by atoms with van der Waals surface area (Å²) in [7, 11) is 3.28. The Hall–Kier alpha value is -5.03. The zero-order valence-corrected chi connectivity index (χ0v) is 35.3. The summed E-state index contributed by atoms with van der Waals surface area (Å²) in [5.74, 6) is -2.47. The van der Waals surface area contributed by atoms with Crippen molar-refractivity contribution in [3.8, 4) is 11.5 Å². The summed E-state index contributed by atoms with van der Waals surface area (Å²) in [6, 6.07) is 4.41. The lowest BCUT2D eigenvalue weighted by Crippen LogP contribution is -2.55. The van der Waals surface area contributed by atoms with Crippen LogP contribution in [0.3, 0.4) is 0 Å². The highest BCUT2D eigenvalue weighted by Crippen LogP contribution is 2.37. The van der Waals surface area contributed by atoms with E-state index in [4.69, 9.17) is 4.98 Å². The highest BCUT2D eigenvalue weighted by Gasteiger charge is 2.41. The average molecular weight is 840 g/mol. The molecule has 2 saturated heterocycles. The van der Waals surface area contributed by atoms with Gasteiger partial charge in [0.25, 0.3) is 0 Å². The number of hydrogen-bond donors (Lipinski definition) is 5. The van der Waals surface area contributed by atoms with E-state index >= 15 is 8.78 Å². The number of fused-ring (bicyclic) bond motifs is 2. The number of halogens is 4. The molecule has 4 amide bonds. The summed E-state index contributed by atoms with van der Waals surface area (Å²) in [6.45, 7) is 8.66. The first-order valence-corrected chi connectivity index (χ1v) is 20.9. The fraction of sp³-hybridized carbons (Fsp3) is 0.558. The van der Waals surface area contributed by atoms with Crippen LogP contribution >= 0.6 is 0 Å². The Morgan fingerprint density at radius 3 is 2.07 bits per heavy atom. The van der Waals surface area contributed by atoms with Gasteiger partial charge < -0.3 is 40.6 Å². The Morgan fingerprint density at radius 2 is 1.43 bits per heavy atom. The number of H-pyrrole nitrogens is 1. The topological polar surface area (TPSA) is 156 Å². The summed E-state index contributed by atoms with van der Waals surface area (Å²) in [5.41, 5.74) is 2.39. The first kappa shape index (κ1) is 44.5. The van der Waals surface area contributed by atoms with Gasteiger partial charge in [-0.25, -0.2) is 22.5 Å². The number of benzene rings is 2. The molecule has 2 aliphatic heterocycles. The van der Waals surface area contributed by atoms with Crippen molar-refractivity contribution >= 4 is 45.6 Å². The lowest BCUT2D eigenvalue weighted by Gasteiger charge is -2.31. The van der Waals surface area contributed by atoms with Crippen molar-refractivity contribution in [3.63, 3.8) is 0 Å². The van der Waals surface area contributed by atoms with Crippen molar-refractivity contribution in [2.75, 3.05) is 27.2 Å². The van der Waals surface area contributed by atoms with Crippen LogP contribution < -0.4 is 21.3 Å². The number of likely N-dealkylation sites (tertiary alicyclic amines) is 2. The molecule has 0 aliphatic carbocycles. The van der Waals surface area contributed by atoms with Gasteiger partial charge in [0, 0.05) is 48.4 Å². The van der Waals surface area contributed by atoms with Crippen LogP contribution in [0.5, 0.6) is 0 Å². The second-order valence-electron chi connectivity index (χ2n) is 16.6. The van der Waals surface area contributed by atoms with E-state index in [1.165, 1.54) is 34.1 Å². The Bertz CT molecular complexity index is 2210. The number of carbonyl (C=O) groups is 4. The predicted octanol–water partition coefficient (Wildman–Crippen LogP) is 4.52. The van der Waals surface area contributed by atoms with E-state index in [0.29, 0.717) is 45.4 Å². The van der Waals surface area contributed by atoms with Gasteiger partial charge in [-0.15, -0.1) is 0 Å². The highest BCUT2D eigenvalue weighted by atomic mass is 19.1. The number of alkyl halides is 2. The lowest BCUT2D eigenvalue weighted by molar-refractivity contribution is -0.138. The maximum absolute atomic E-state index is 15.4. The fourth-order valence-corrected chi connectivity index (χ4v) is 8.46. The first-order chi connectivity index (χ1) is 28.5. The number of nitrogens with zero attached hydrogens (tertiary/aromatic N) is 4. The molecule has 13 nitrogen and oxygen atoms in total. The first-order valence-electron chi connectivity index (χ1n) is 20.9. The molecule has 2 fully saturated rings. The molecular weight excluding hydrogens is 783 g/mol. The molecule has 2 aromatic carbocycles. The van der Waals surface area contributed by atoms with Crippen LogP contribution in [0.25, 0.3) is 33.5 Å². The maximum Gasteiger partial charge on any atom is 0.245 e. The molecule has 6 rings (SSSR count). The number of aryl methyl sites for hydroxylation is 1. The SMILES string of the molecule is CC[C@H](NC(=O)[C@H](C)NC)C(=O)N1C[C@@H](F)C[C@H]1CCn1c(-c2[nH]c3cc(F)ccc3c2C[C@@H]2C[C@H](F)CN2C(=O)[C@@H](NC(=O)[C@H](C)NC)C(C)C)nc2cc(F)ccc21. The second kappa shape index (κ2) is 18.7. The van der Waals surface area contributed by atoms with Gasteiger partial charge in [0.05, 0.1) is 41.9 Å². The number of rotatable bonds is 16. The van der Waals surface area contributed by atoms with E-state index in [1.54, 1.807) is 47.0 Å². The Balaban J connectivity index is 1.36. The summed E-state index contributed by atoms with van der Waals surface area (Å²) in [6.07, 6.45) is -1.77. The molecule has 5 N–H and O–H groups in total. The minimum absolute atomic E-state index is 0.0232. The van der Waals surface area contributed by atoms with Crippen LogP contribution in [-0.2, 0) is 32.1 Å². The van der Waals surface area contributed by atoms with Crippen molar-refractivity contribution < 1.29 is 36.7 Å². The van der Waals surface area contributed by atoms with Crippen LogP contribution in [0.1, 0.15) is 65.9 Å². The van der Waals surface area contributed by atoms with E-state index < -0.39 is 66.1 Å². The summed E-state index contributed by atoms with van der Waals surface area (Å²) < 4.78 is 61.9. The summed E-state index contributed by atoms with van der Waals surface area (Å²) >= 11 is 0.